The Bertz CT molecular complexity index is 378. The first-order valence-electron chi connectivity index (χ1n) is 7.13. The molecule has 0 aliphatic carbocycles. The largest absolute Gasteiger partial charge is 0.307 e. The zero-order chi connectivity index (χ0) is 13.0. The Hall–Kier alpha value is -0.530. The summed E-state index contributed by atoms with van der Waals surface area (Å²) in [6, 6.07) is 8.41. The highest BCUT2D eigenvalue weighted by Crippen LogP contribution is 2.36. The molecule has 1 N–H and O–H groups in total. The normalized spacial score (nSPS) is 25.1. The predicted molar refractivity (Wildman–Crippen MR) is 79.1 cm³/mol. The zero-order valence-corrected chi connectivity index (χ0v) is 12.3. The third-order valence-corrected chi connectivity index (χ3v) is 4.11. The molecule has 0 bridgehead atoms. The molecule has 1 fully saturated rings. The lowest BCUT2D eigenvalue weighted by molar-refractivity contribution is 0.263. The minimum atomic E-state index is 0.134. The van der Waals surface area contributed by atoms with Crippen LogP contribution in [-0.4, -0.2) is 6.54 Å². The van der Waals surface area contributed by atoms with E-state index in [-0.39, 0.29) is 5.54 Å². The average molecular weight is 266 g/mol. The van der Waals surface area contributed by atoms with Crippen LogP contribution in [0.1, 0.15) is 51.5 Å². The molecule has 1 aromatic carbocycles. The molecule has 2 heteroatoms. The maximum absolute atomic E-state index is 6.18. The molecule has 1 saturated heterocycles. The Kier molecular flexibility index (Phi) is 4.69. The number of hydrogen-bond donors (Lipinski definition) is 1. The molecule has 18 heavy (non-hydrogen) atoms. The van der Waals surface area contributed by atoms with E-state index in [0.717, 1.165) is 11.6 Å². The Morgan fingerprint density at radius 1 is 1.28 bits per heavy atom. The molecule has 1 nitrogen and oxygen atoms in total. The molecule has 2 rings (SSSR count). The van der Waals surface area contributed by atoms with Crippen molar-refractivity contribution in [3.63, 3.8) is 0 Å². The molecule has 100 valence electrons. The summed E-state index contributed by atoms with van der Waals surface area (Å²) < 4.78 is 0. The van der Waals surface area contributed by atoms with Crippen LogP contribution in [0.2, 0.25) is 5.02 Å². The number of halogens is 1. The van der Waals surface area contributed by atoms with E-state index in [0.29, 0.717) is 5.92 Å². The summed E-state index contributed by atoms with van der Waals surface area (Å²) in [6.07, 6.45) is 6.36. The fourth-order valence-electron chi connectivity index (χ4n) is 3.17. The van der Waals surface area contributed by atoms with Gasteiger partial charge in [0.2, 0.25) is 0 Å². The van der Waals surface area contributed by atoms with Gasteiger partial charge in [-0.15, -0.1) is 0 Å². The van der Waals surface area contributed by atoms with E-state index in [1.54, 1.807) is 0 Å². The van der Waals surface area contributed by atoms with Crippen molar-refractivity contribution in [3.05, 3.63) is 34.9 Å². The van der Waals surface area contributed by atoms with Crippen LogP contribution in [0.5, 0.6) is 0 Å². The molecule has 1 atom stereocenters. The second-order valence-electron chi connectivity index (χ2n) is 5.93. The molecule has 1 heterocycles. The Morgan fingerprint density at radius 2 is 2.11 bits per heavy atom. The van der Waals surface area contributed by atoms with Gasteiger partial charge in [-0.05, 0) is 49.4 Å². The molecule has 0 radical (unpaired) electrons. The first-order chi connectivity index (χ1) is 8.62. The first-order valence-corrected chi connectivity index (χ1v) is 7.51. The number of benzene rings is 1. The van der Waals surface area contributed by atoms with Gasteiger partial charge in [0.1, 0.15) is 0 Å². The molecule has 0 aromatic heterocycles. The number of nitrogens with one attached hydrogen (secondary N) is 1. The van der Waals surface area contributed by atoms with E-state index in [2.05, 4.69) is 37.4 Å². The van der Waals surface area contributed by atoms with Crippen molar-refractivity contribution in [1.82, 2.24) is 5.32 Å². The first kappa shape index (κ1) is 13.9. The molecular weight excluding hydrogens is 242 g/mol. The van der Waals surface area contributed by atoms with Crippen LogP contribution < -0.4 is 5.32 Å². The van der Waals surface area contributed by atoms with Gasteiger partial charge in [-0.25, -0.2) is 0 Å². The lowest BCUT2D eigenvalue weighted by Crippen LogP contribution is -2.42. The summed E-state index contributed by atoms with van der Waals surface area (Å²) in [6.45, 7) is 5.73. The fraction of sp³-hybridized carbons (Fsp3) is 0.625. The van der Waals surface area contributed by atoms with Gasteiger partial charge in [-0.2, -0.15) is 0 Å². The van der Waals surface area contributed by atoms with E-state index < -0.39 is 0 Å². The lowest BCUT2D eigenvalue weighted by Gasteiger charge is -2.36. The number of rotatable bonds is 3. The van der Waals surface area contributed by atoms with Gasteiger partial charge in [-0.1, -0.05) is 50.4 Å². The molecule has 1 aliphatic rings. The van der Waals surface area contributed by atoms with Crippen molar-refractivity contribution >= 4 is 11.6 Å². The molecule has 1 unspecified atom stereocenters. The Morgan fingerprint density at radius 3 is 2.83 bits per heavy atom. The molecule has 1 aliphatic heterocycles. The molecule has 0 spiro atoms. The second kappa shape index (κ2) is 6.08. The lowest BCUT2D eigenvalue weighted by atomic mass is 9.79. The van der Waals surface area contributed by atoms with Gasteiger partial charge >= 0.3 is 0 Å². The SMILES string of the molecule is CC(C)CC1(c2cccc(Cl)c2)CCCCCN1. The molecular formula is C16H24ClN. The van der Waals surface area contributed by atoms with Gasteiger partial charge in [-0.3, -0.25) is 0 Å². The van der Waals surface area contributed by atoms with Gasteiger partial charge < -0.3 is 5.32 Å². The van der Waals surface area contributed by atoms with Crippen LogP contribution in [-0.2, 0) is 5.54 Å². The van der Waals surface area contributed by atoms with E-state index >= 15 is 0 Å². The van der Waals surface area contributed by atoms with Crippen molar-refractivity contribution in [3.8, 4) is 0 Å². The minimum Gasteiger partial charge on any atom is -0.307 e. The molecule has 1 aromatic rings. The van der Waals surface area contributed by atoms with Crippen molar-refractivity contribution in [2.24, 2.45) is 5.92 Å². The quantitative estimate of drug-likeness (QED) is 0.832. The van der Waals surface area contributed by atoms with E-state index in [1.807, 2.05) is 6.07 Å². The summed E-state index contributed by atoms with van der Waals surface area (Å²) in [5.41, 5.74) is 1.50. The van der Waals surface area contributed by atoms with Crippen molar-refractivity contribution in [2.45, 2.75) is 51.5 Å². The van der Waals surface area contributed by atoms with Crippen molar-refractivity contribution in [1.29, 1.82) is 0 Å². The average Bonchev–Trinajstić information content (AvgIpc) is 2.55. The van der Waals surface area contributed by atoms with Crippen LogP contribution in [0.25, 0.3) is 0 Å². The summed E-state index contributed by atoms with van der Waals surface area (Å²) in [5.74, 6) is 0.689. The molecule has 0 saturated carbocycles. The molecule has 0 amide bonds. The monoisotopic (exact) mass is 265 g/mol. The summed E-state index contributed by atoms with van der Waals surface area (Å²) in [5, 5.41) is 4.66. The third kappa shape index (κ3) is 3.27. The van der Waals surface area contributed by atoms with Crippen LogP contribution in [0, 0.1) is 5.92 Å². The van der Waals surface area contributed by atoms with Crippen LogP contribution in [0.3, 0.4) is 0 Å². The van der Waals surface area contributed by atoms with Crippen molar-refractivity contribution in [2.75, 3.05) is 6.54 Å². The van der Waals surface area contributed by atoms with Gasteiger partial charge in [0, 0.05) is 10.6 Å². The number of hydrogen-bond acceptors (Lipinski definition) is 1. The van der Waals surface area contributed by atoms with E-state index in [9.17, 15) is 0 Å². The minimum absolute atomic E-state index is 0.134. The summed E-state index contributed by atoms with van der Waals surface area (Å²) >= 11 is 6.18. The fourth-order valence-corrected chi connectivity index (χ4v) is 3.36. The van der Waals surface area contributed by atoms with E-state index in [4.69, 9.17) is 11.6 Å². The highest BCUT2D eigenvalue weighted by molar-refractivity contribution is 6.30. The van der Waals surface area contributed by atoms with Crippen molar-refractivity contribution < 1.29 is 0 Å². The van der Waals surface area contributed by atoms with Crippen LogP contribution in [0.4, 0.5) is 0 Å². The Labute approximate surface area is 116 Å². The van der Waals surface area contributed by atoms with Gasteiger partial charge in [0.15, 0.2) is 0 Å². The summed E-state index contributed by atoms with van der Waals surface area (Å²) in [4.78, 5) is 0. The Balaban J connectivity index is 2.33. The standard InChI is InChI=1S/C16H24ClN/c1-13(2)12-16(9-4-3-5-10-18-16)14-7-6-8-15(17)11-14/h6-8,11,13,18H,3-5,9-10,12H2,1-2H3. The summed E-state index contributed by atoms with van der Waals surface area (Å²) in [7, 11) is 0. The van der Waals surface area contributed by atoms with E-state index in [1.165, 1.54) is 37.7 Å². The van der Waals surface area contributed by atoms with Gasteiger partial charge in [0.05, 0.1) is 0 Å². The zero-order valence-electron chi connectivity index (χ0n) is 11.5. The van der Waals surface area contributed by atoms with Gasteiger partial charge in [0.25, 0.3) is 0 Å². The maximum atomic E-state index is 6.18. The third-order valence-electron chi connectivity index (χ3n) is 3.88. The highest BCUT2D eigenvalue weighted by Gasteiger charge is 2.33. The second-order valence-corrected chi connectivity index (χ2v) is 6.36. The van der Waals surface area contributed by atoms with Crippen LogP contribution in [0.15, 0.2) is 24.3 Å². The predicted octanol–water partition coefficient (Wildman–Crippen LogP) is 4.75. The topological polar surface area (TPSA) is 12.0 Å². The smallest absolute Gasteiger partial charge is 0.0437 e. The maximum Gasteiger partial charge on any atom is 0.0437 e. The van der Waals surface area contributed by atoms with Crippen LogP contribution >= 0.6 is 11.6 Å². The highest BCUT2D eigenvalue weighted by atomic mass is 35.5.